The van der Waals surface area contributed by atoms with Crippen molar-refractivity contribution in [1.82, 2.24) is 14.9 Å². The average Bonchev–Trinajstić information content (AvgIpc) is 3.02. The van der Waals surface area contributed by atoms with Crippen LogP contribution < -0.4 is 5.69 Å². The number of likely N-dealkylation sites (tertiary alicyclic amines) is 1. The molecule has 2 aromatic rings. The van der Waals surface area contributed by atoms with Crippen LogP contribution in [0.5, 0.6) is 0 Å². The van der Waals surface area contributed by atoms with Crippen LogP contribution in [0.2, 0.25) is 0 Å². The van der Waals surface area contributed by atoms with E-state index in [2.05, 4.69) is 9.97 Å². The molecular formula is C17H18FN3O2. The number of aromatic amines is 1. The van der Waals surface area contributed by atoms with Crippen LogP contribution >= 0.6 is 0 Å². The van der Waals surface area contributed by atoms with Crippen LogP contribution in [0.3, 0.4) is 0 Å². The second-order valence-electron chi connectivity index (χ2n) is 5.71. The quantitative estimate of drug-likeness (QED) is 0.940. The van der Waals surface area contributed by atoms with Crippen molar-refractivity contribution in [1.29, 1.82) is 0 Å². The SMILES string of the molecule is O=C(CCc1cccc(F)c1)N1CCC[C@H]1c1ccnc(=O)[nH]1. The van der Waals surface area contributed by atoms with E-state index in [0.717, 1.165) is 24.1 Å². The van der Waals surface area contributed by atoms with Gasteiger partial charge in [0.25, 0.3) is 0 Å². The molecule has 0 bridgehead atoms. The summed E-state index contributed by atoms with van der Waals surface area (Å²) < 4.78 is 13.2. The van der Waals surface area contributed by atoms with Gasteiger partial charge < -0.3 is 9.88 Å². The van der Waals surface area contributed by atoms with Gasteiger partial charge in [-0.2, -0.15) is 0 Å². The molecule has 120 valence electrons. The maximum absolute atomic E-state index is 13.2. The van der Waals surface area contributed by atoms with E-state index in [1.807, 2.05) is 6.07 Å². The zero-order valence-corrected chi connectivity index (χ0v) is 12.7. The number of nitrogens with zero attached hydrogens (tertiary/aromatic N) is 2. The number of aryl methyl sites for hydroxylation is 1. The van der Waals surface area contributed by atoms with Crippen LogP contribution in [0, 0.1) is 5.82 Å². The first-order valence-electron chi connectivity index (χ1n) is 7.72. The van der Waals surface area contributed by atoms with Gasteiger partial charge >= 0.3 is 5.69 Å². The Labute approximate surface area is 133 Å². The van der Waals surface area contributed by atoms with Crippen molar-refractivity contribution < 1.29 is 9.18 Å². The predicted molar refractivity (Wildman–Crippen MR) is 83.3 cm³/mol. The highest BCUT2D eigenvalue weighted by Gasteiger charge is 2.30. The van der Waals surface area contributed by atoms with Gasteiger partial charge in [-0.1, -0.05) is 12.1 Å². The number of rotatable bonds is 4. The van der Waals surface area contributed by atoms with Gasteiger partial charge in [0.1, 0.15) is 5.82 Å². The van der Waals surface area contributed by atoms with Gasteiger partial charge in [0.2, 0.25) is 5.91 Å². The second kappa shape index (κ2) is 6.73. The molecule has 0 saturated carbocycles. The van der Waals surface area contributed by atoms with Crippen LogP contribution in [-0.4, -0.2) is 27.3 Å². The summed E-state index contributed by atoms with van der Waals surface area (Å²) in [6.07, 6.45) is 4.02. The van der Waals surface area contributed by atoms with E-state index < -0.39 is 5.69 Å². The van der Waals surface area contributed by atoms with Gasteiger partial charge in [0, 0.05) is 24.9 Å². The minimum atomic E-state index is -0.401. The number of halogens is 1. The molecule has 23 heavy (non-hydrogen) atoms. The first-order valence-corrected chi connectivity index (χ1v) is 7.72. The fourth-order valence-electron chi connectivity index (χ4n) is 3.05. The normalized spacial score (nSPS) is 17.4. The lowest BCUT2D eigenvalue weighted by molar-refractivity contribution is -0.132. The van der Waals surface area contributed by atoms with Crippen molar-refractivity contribution >= 4 is 5.91 Å². The number of carbonyl (C=O) groups excluding carboxylic acids is 1. The number of nitrogens with one attached hydrogen (secondary N) is 1. The zero-order chi connectivity index (χ0) is 16.2. The molecule has 1 aliphatic rings. The molecule has 1 atom stereocenters. The lowest BCUT2D eigenvalue weighted by Gasteiger charge is -2.24. The molecule has 1 aromatic heterocycles. The average molecular weight is 315 g/mol. The maximum atomic E-state index is 13.2. The highest BCUT2D eigenvalue weighted by molar-refractivity contribution is 5.77. The number of carbonyl (C=O) groups is 1. The Morgan fingerprint density at radius 1 is 1.39 bits per heavy atom. The number of benzene rings is 1. The number of hydrogen-bond acceptors (Lipinski definition) is 3. The van der Waals surface area contributed by atoms with Crippen molar-refractivity contribution in [2.75, 3.05) is 6.54 Å². The van der Waals surface area contributed by atoms with Crippen LogP contribution in [-0.2, 0) is 11.2 Å². The summed E-state index contributed by atoms with van der Waals surface area (Å²) in [5.74, 6) is -0.266. The van der Waals surface area contributed by atoms with E-state index in [4.69, 9.17) is 0 Å². The standard InChI is InChI=1S/C17H18FN3O2/c18-13-4-1-3-12(11-13)6-7-16(22)21-10-2-5-15(21)14-8-9-19-17(23)20-14/h1,3-4,8-9,11,15H,2,5-7,10H2,(H,19,20,23)/t15-/m0/s1. The third kappa shape index (κ3) is 3.64. The van der Waals surface area contributed by atoms with E-state index in [1.165, 1.54) is 18.3 Å². The van der Waals surface area contributed by atoms with E-state index in [-0.39, 0.29) is 17.8 Å². The molecule has 1 N–H and O–H groups in total. The number of aromatic nitrogens is 2. The predicted octanol–water partition coefficient (Wildman–Crippen LogP) is 2.21. The Hall–Kier alpha value is -2.50. The minimum absolute atomic E-state index is 0.0226. The van der Waals surface area contributed by atoms with Gasteiger partial charge in [-0.3, -0.25) is 4.79 Å². The smallest absolute Gasteiger partial charge is 0.334 e. The van der Waals surface area contributed by atoms with Crippen LogP contribution in [0.4, 0.5) is 4.39 Å². The molecule has 0 aliphatic carbocycles. The monoisotopic (exact) mass is 315 g/mol. The summed E-state index contributed by atoms with van der Waals surface area (Å²) >= 11 is 0. The van der Waals surface area contributed by atoms with Crippen molar-refractivity contribution in [2.45, 2.75) is 31.7 Å². The highest BCUT2D eigenvalue weighted by atomic mass is 19.1. The summed E-state index contributed by atoms with van der Waals surface area (Å²) in [7, 11) is 0. The van der Waals surface area contributed by atoms with Gasteiger partial charge in [-0.25, -0.2) is 14.2 Å². The third-order valence-corrected chi connectivity index (χ3v) is 4.15. The lowest BCUT2D eigenvalue weighted by Crippen LogP contribution is -2.32. The molecule has 0 spiro atoms. The van der Waals surface area contributed by atoms with Crippen molar-refractivity contribution in [2.24, 2.45) is 0 Å². The number of hydrogen-bond donors (Lipinski definition) is 1. The van der Waals surface area contributed by atoms with Crippen LogP contribution in [0.15, 0.2) is 41.3 Å². The fourth-order valence-corrected chi connectivity index (χ4v) is 3.05. The van der Waals surface area contributed by atoms with Crippen molar-refractivity contribution in [3.8, 4) is 0 Å². The Morgan fingerprint density at radius 3 is 3.04 bits per heavy atom. The van der Waals surface area contributed by atoms with Crippen molar-refractivity contribution in [3.05, 3.63) is 64.1 Å². The molecule has 1 amide bonds. The molecule has 3 rings (SSSR count). The lowest BCUT2D eigenvalue weighted by atomic mass is 10.1. The topological polar surface area (TPSA) is 66.1 Å². The Kier molecular flexibility index (Phi) is 4.50. The Morgan fingerprint density at radius 2 is 2.26 bits per heavy atom. The molecule has 1 saturated heterocycles. The first kappa shape index (κ1) is 15.4. The van der Waals surface area contributed by atoms with Crippen LogP contribution in [0.1, 0.15) is 36.6 Å². The van der Waals surface area contributed by atoms with Gasteiger partial charge in [-0.15, -0.1) is 0 Å². The molecule has 2 heterocycles. The number of H-pyrrole nitrogens is 1. The summed E-state index contributed by atoms with van der Waals surface area (Å²) in [5.41, 5.74) is 1.13. The second-order valence-corrected chi connectivity index (χ2v) is 5.71. The molecule has 1 fully saturated rings. The maximum Gasteiger partial charge on any atom is 0.345 e. The minimum Gasteiger partial charge on any atom is -0.334 e. The third-order valence-electron chi connectivity index (χ3n) is 4.15. The van der Waals surface area contributed by atoms with E-state index in [1.54, 1.807) is 17.0 Å². The van der Waals surface area contributed by atoms with E-state index in [9.17, 15) is 14.0 Å². The summed E-state index contributed by atoms with van der Waals surface area (Å²) in [6.45, 7) is 0.678. The fraction of sp³-hybridized carbons (Fsp3) is 0.353. The zero-order valence-electron chi connectivity index (χ0n) is 12.7. The van der Waals surface area contributed by atoms with Gasteiger partial charge in [-0.05, 0) is 43.0 Å². The molecular weight excluding hydrogens is 297 g/mol. The van der Waals surface area contributed by atoms with E-state index in [0.29, 0.717) is 19.4 Å². The summed E-state index contributed by atoms with van der Waals surface area (Å²) in [6, 6.07) is 7.94. The molecule has 1 aromatic carbocycles. The molecule has 6 heteroatoms. The molecule has 1 aliphatic heterocycles. The molecule has 0 unspecified atom stereocenters. The van der Waals surface area contributed by atoms with Crippen molar-refractivity contribution in [3.63, 3.8) is 0 Å². The Balaban J connectivity index is 1.67. The molecule has 0 radical (unpaired) electrons. The highest BCUT2D eigenvalue weighted by Crippen LogP contribution is 2.30. The van der Waals surface area contributed by atoms with Gasteiger partial charge in [0.05, 0.1) is 6.04 Å². The Bertz CT molecular complexity index is 759. The van der Waals surface area contributed by atoms with E-state index >= 15 is 0 Å². The summed E-state index contributed by atoms with van der Waals surface area (Å²) in [4.78, 5) is 32.0. The largest absolute Gasteiger partial charge is 0.345 e. The van der Waals surface area contributed by atoms with Crippen LogP contribution in [0.25, 0.3) is 0 Å². The van der Waals surface area contributed by atoms with Gasteiger partial charge in [0.15, 0.2) is 0 Å². The number of amides is 1. The molecule has 5 nitrogen and oxygen atoms in total. The first-order chi connectivity index (χ1) is 11.1. The summed E-state index contributed by atoms with van der Waals surface area (Å²) in [5, 5.41) is 0.